The van der Waals surface area contributed by atoms with E-state index in [9.17, 15) is 14.9 Å². The highest BCUT2D eigenvalue weighted by molar-refractivity contribution is 7.99. The normalized spacial score (nSPS) is 17.8. The maximum Gasteiger partial charge on any atom is 0.269 e. The van der Waals surface area contributed by atoms with Crippen molar-refractivity contribution in [2.45, 2.75) is 45.4 Å². The van der Waals surface area contributed by atoms with E-state index in [4.69, 9.17) is 4.74 Å². The van der Waals surface area contributed by atoms with Gasteiger partial charge in [0.1, 0.15) is 5.75 Å². The molecular formula is C24H31N3O4S. The van der Waals surface area contributed by atoms with Gasteiger partial charge < -0.3 is 15.4 Å². The molecule has 2 N–H and O–H groups in total. The number of hydrogen-bond donors (Lipinski definition) is 2. The van der Waals surface area contributed by atoms with Gasteiger partial charge in [-0.3, -0.25) is 14.9 Å². The maximum atomic E-state index is 12.7. The molecule has 1 amide bonds. The number of nitro groups is 1. The fraction of sp³-hybridized carbons (Fsp3) is 0.458. The van der Waals surface area contributed by atoms with Crippen LogP contribution in [-0.4, -0.2) is 35.8 Å². The summed E-state index contributed by atoms with van der Waals surface area (Å²) in [7, 11) is 0. The van der Waals surface area contributed by atoms with Gasteiger partial charge in [0.05, 0.1) is 11.5 Å². The fourth-order valence-corrected chi connectivity index (χ4v) is 5.03. The summed E-state index contributed by atoms with van der Waals surface area (Å²) in [5.41, 5.74) is 2.40. The molecule has 1 aliphatic heterocycles. The van der Waals surface area contributed by atoms with Gasteiger partial charge in [-0.2, -0.15) is 11.8 Å². The molecule has 2 unspecified atom stereocenters. The number of rotatable bonds is 9. The van der Waals surface area contributed by atoms with Crippen molar-refractivity contribution in [3.63, 3.8) is 0 Å². The Morgan fingerprint density at radius 2 is 1.97 bits per heavy atom. The zero-order valence-electron chi connectivity index (χ0n) is 19.0. The second-order valence-corrected chi connectivity index (χ2v) is 10.0. The molecule has 0 bridgehead atoms. The molecule has 1 aliphatic rings. The van der Waals surface area contributed by atoms with Gasteiger partial charge in [-0.25, -0.2) is 0 Å². The number of amides is 1. The lowest BCUT2D eigenvalue weighted by molar-refractivity contribution is -0.384. The number of thioether (sulfide) groups is 1. The lowest BCUT2D eigenvalue weighted by Gasteiger charge is -2.42. The molecule has 7 nitrogen and oxygen atoms in total. The summed E-state index contributed by atoms with van der Waals surface area (Å²) in [4.78, 5) is 23.5. The highest BCUT2D eigenvalue weighted by Gasteiger charge is 2.37. The summed E-state index contributed by atoms with van der Waals surface area (Å²) in [5.74, 6) is 1.55. The molecule has 32 heavy (non-hydrogen) atoms. The van der Waals surface area contributed by atoms with Crippen LogP contribution in [0.3, 0.4) is 0 Å². The lowest BCUT2D eigenvalue weighted by atomic mass is 9.78. The fourth-order valence-electron chi connectivity index (χ4n) is 3.93. The SMILES string of the molecule is CCOc1ccc(C(=O)NCC(C)(C)C2CC(SCC)c3cc([N+](=O)[O-])ccc3N2)cc1. The number of benzene rings is 2. The molecule has 0 spiro atoms. The number of nitrogens with one attached hydrogen (secondary N) is 2. The molecule has 2 aromatic rings. The predicted octanol–water partition coefficient (Wildman–Crippen LogP) is 5.43. The molecule has 3 rings (SSSR count). The molecule has 0 saturated carbocycles. The quantitative estimate of drug-likeness (QED) is 0.385. The van der Waals surface area contributed by atoms with Gasteiger partial charge in [0.25, 0.3) is 11.6 Å². The molecule has 0 aliphatic carbocycles. The Bertz CT molecular complexity index is 962. The number of nitro benzene ring substituents is 1. The first-order valence-electron chi connectivity index (χ1n) is 10.9. The number of carbonyl (C=O) groups excluding carboxylic acids is 1. The Hall–Kier alpha value is -2.74. The Morgan fingerprint density at radius 1 is 1.25 bits per heavy atom. The van der Waals surface area contributed by atoms with Gasteiger partial charge in [0, 0.05) is 46.6 Å². The average molecular weight is 458 g/mol. The van der Waals surface area contributed by atoms with E-state index >= 15 is 0 Å². The van der Waals surface area contributed by atoms with E-state index in [-0.39, 0.29) is 33.2 Å². The largest absolute Gasteiger partial charge is 0.494 e. The van der Waals surface area contributed by atoms with E-state index < -0.39 is 0 Å². The number of non-ortho nitro benzene ring substituents is 1. The molecule has 0 saturated heterocycles. The maximum absolute atomic E-state index is 12.7. The van der Waals surface area contributed by atoms with E-state index in [1.807, 2.05) is 6.92 Å². The van der Waals surface area contributed by atoms with E-state index in [1.165, 1.54) is 0 Å². The minimum Gasteiger partial charge on any atom is -0.494 e. The van der Waals surface area contributed by atoms with E-state index in [0.29, 0.717) is 18.7 Å². The van der Waals surface area contributed by atoms with Crippen molar-refractivity contribution in [2.24, 2.45) is 5.41 Å². The zero-order chi connectivity index (χ0) is 23.3. The van der Waals surface area contributed by atoms with Gasteiger partial charge in [0.15, 0.2) is 0 Å². The average Bonchev–Trinajstić information content (AvgIpc) is 2.78. The summed E-state index contributed by atoms with van der Waals surface area (Å²) < 4.78 is 5.43. The van der Waals surface area contributed by atoms with Crippen LogP contribution in [0.5, 0.6) is 5.75 Å². The summed E-state index contributed by atoms with van der Waals surface area (Å²) in [6, 6.07) is 12.3. The Labute approximate surface area is 193 Å². The van der Waals surface area contributed by atoms with Crippen LogP contribution in [-0.2, 0) is 0 Å². The molecule has 8 heteroatoms. The number of ether oxygens (including phenoxy) is 1. The summed E-state index contributed by atoms with van der Waals surface area (Å²) in [6.07, 6.45) is 0.832. The van der Waals surface area contributed by atoms with Gasteiger partial charge in [-0.15, -0.1) is 0 Å². The molecule has 0 fully saturated rings. The highest BCUT2D eigenvalue weighted by atomic mass is 32.2. The first kappa shape index (κ1) is 23.9. The number of hydrogen-bond acceptors (Lipinski definition) is 6. The van der Waals surface area contributed by atoms with E-state index in [0.717, 1.165) is 29.2 Å². The van der Waals surface area contributed by atoms with Crippen molar-refractivity contribution in [1.29, 1.82) is 0 Å². The highest BCUT2D eigenvalue weighted by Crippen LogP contribution is 2.46. The van der Waals surface area contributed by atoms with Crippen molar-refractivity contribution < 1.29 is 14.5 Å². The van der Waals surface area contributed by atoms with Crippen molar-refractivity contribution in [3.8, 4) is 5.75 Å². The first-order valence-corrected chi connectivity index (χ1v) is 12.0. The van der Waals surface area contributed by atoms with E-state index in [2.05, 4.69) is 31.4 Å². The Balaban J connectivity index is 1.70. The molecule has 2 atom stereocenters. The van der Waals surface area contributed by atoms with Gasteiger partial charge >= 0.3 is 0 Å². The molecule has 1 heterocycles. The van der Waals surface area contributed by atoms with Crippen LogP contribution in [0, 0.1) is 15.5 Å². The number of anilines is 1. The standard InChI is InChI=1S/C24H31N3O4S/c1-5-31-18-10-7-16(8-11-18)23(28)25-15-24(3,4)22-14-21(32-6-2)19-13-17(27(29)30)9-12-20(19)26-22/h7-13,21-22,26H,5-6,14-15H2,1-4H3,(H,25,28). The van der Waals surface area contributed by atoms with Gasteiger partial charge in [-0.1, -0.05) is 20.8 Å². The van der Waals surface area contributed by atoms with Crippen molar-refractivity contribution in [3.05, 3.63) is 63.7 Å². The number of carbonyl (C=O) groups is 1. The number of nitrogens with zero attached hydrogens (tertiary/aromatic N) is 1. The van der Waals surface area contributed by atoms with Crippen molar-refractivity contribution in [2.75, 3.05) is 24.2 Å². The van der Waals surface area contributed by atoms with Crippen LogP contribution in [0.25, 0.3) is 0 Å². The van der Waals surface area contributed by atoms with Crippen molar-refractivity contribution >= 4 is 29.0 Å². The van der Waals surface area contributed by atoms with E-state index in [1.54, 1.807) is 54.2 Å². The minimum absolute atomic E-state index is 0.112. The molecule has 172 valence electrons. The zero-order valence-corrected chi connectivity index (χ0v) is 19.8. The smallest absolute Gasteiger partial charge is 0.269 e. The summed E-state index contributed by atoms with van der Waals surface area (Å²) in [5, 5.41) is 18.0. The second kappa shape index (κ2) is 10.3. The third-order valence-electron chi connectivity index (χ3n) is 5.82. The predicted molar refractivity (Wildman–Crippen MR) is 130 cm³/mol. The van der Waals surface area contributed by atoms with Crippen LogP contribution >= 0.6 is 11.8 Å². The summed E-state index contributed by atoms with van der Waals surface area (Å²) >= 11 is 1.80. The topological polar surface area (TPSA) is 93.5 Å². The lowest BCUT2D eigenvalue weighted by Crippen LogP contribution is -2.47. The molecule has 0 aromatic heterocycles. The Kier molecular flexibility index (Phi) is 7.66. The molecular weight excluding hydrogens is 426 g/mol. The monoisotopic (exact) mass is 457 g/mol. The van der Waals surface area contributed by atoms with Gasteiger partial charge in [0.2, 0.25) is 0 Å². The second-order valence-electron chi connectivity index (χ2n) is 8.53. The van der Waals surface area contributed by atoms with Crippen LogP contribution in [0.1, 0.15) is 55.3 Å². The van der Waals surface area contributed by atoms with Crippen LogP contribution in [0.4, 0.5) is 11.4 Å². The third kappa shape index (κ3) is 5.54. The first-order chi connectivity index (χ1) is 15.2. The Morgan fingerprint density at radius 3 is 2.59 bits per heavy atom. The van der Waals surface area contributed by atoms with Crippen LogP contribution in [0.15, 0.2) is 42.5 Å². The number of fused-ring (bicyclic) bond motifs is 1. The molecule has 0 radical (unpaired) electrons. The van der Waals surface area contributed by atoms with Gasteiger partial charge in [-0.05, 0) is 55.0 Å². The third-order valence-corrected chi connectivity index (χ3v) is 7.00. The minimum atomic E-state index is -0.347. The molecule has 2 aromatic carbocycles. The van der Waals surface area contributed by atoms with Crippen LogP contribution < -0.4 is 15.4 Å². The summed E-state index contributed by atoms with van der Waals surface area (Å²) in [6.45, 7) is 9.37. The van der Waals surface area contributed by atoms with Crippen molar-refractivity contribution in [1.82, 2.24) is 5.32 Å². The van der Waals surface area contributed by atoms with Crippen LogP contribution in [0.2, 0.25) is 0 Å².